The second-order valence-corrected chi connectivity index (χ2v) is 18.3. The molecule has 0 rings (SSSR count). The van der Waals surface area contributed by atoms with Crippen LogP contribution in [0.3, 0.4) is 0 Å². The van der Waals surface area contributed by atoms with Gasteiger partial charge in [0.2, 0.25) is 0 Å². The van der Waals surface area contributed by atoms with Crippen molar-refractivity contribution >= 4 is 17.2 Å². The molecule has 0 saturated carbocycles. The van der Waals surface area contributed by atoms with Gasteiger partial charge in [-0.2, -0.15) is 0 Å². The first-order valence-electron chi connectivity index (χ1n) is 13.8. The third kappa shape index (κ3) is 16.3. The van der Waals surface area contributed by atoms with Gasteiger partial charge in [0.25, 0.3) is 0 Å². The number of methoxy groups -OCH3 is 1. The van der Waals surface area contributed by atoms with E-state index in [9.17, 15) is 0 Å². The standard InChI is InChI=1S/C27H58ClOP/c1-5-8-11-14-17-20-24-30(28,27-23-29-4,25-21-18-15-12-9-6-2)26-22-19-16-13-10-7-3/h5-27H2,1-4H3. The molecular formula is C27H58ClOP. The summed E-state index contributed by atoms with van der Waals surface area (Å²) in [6, 6.07) is 0. The minimum atomic E-state index is -2.17. The van der Waals surface area contributed by atoms with Crippen molar-refractivity contribution in [2.45, 2.75) is 136 Å². The van der Waals surface area contributed by atoms with Crippen LogP contribution in [0.25, 0.3) is 0 Å². The van der Waals surface area contributed by atoms with E-state index in [2.05, 4.69) is 20.8 Å². The van der Waals surface area contributed by atoms with Crippen molar-refractivity contribution in [1.29, 1.82) is 0 Å². The Hall–Kier alpha value is 0.680. The van der Waals surface area contributed by atoms with Crippen LogP contribution in [0.5, 0.6) is 0 Å². The first-order chi connectivity index (χ1) is 14.5. The fourth-order valence-corrected chi connectivity index (χ4v) is 11.2. The van der Waals surface area contributed by atoms with E-state index in [4.69, 9.17) is 16.0 Å². The molecule has 0 aromatic rings. The molecule has 0 atom stereocenters. The van der Waals surface area contributed by atoms with E-state index < -0.39 is 5.96 Å². The number of halogens is 1. The van der Waals surface area contributed by atoms with Gasteiger partial charge in [-0.25, -0.2) is 0 Å². The van der Waals surface area contributed by atoms with Crippen molar-refractivity contribution in [3.05, 3.63) is 0 Å². The average Bonchev–Trinajstić information content (AvgIpc) is 2.75. The van der Waals surface area contributed by atoms with E-state index in [0.717, 1.165) is 12.8 Å². The summed E-state index contributed by atoms with van der Waals surface area (Å²) in [6.07, 6.45) is 29.9. The fraction of sp³-hybridized carbons (Fsp3) is 1.00. The molecule has 0 radical (unpaired) electrons. The maximum absolute atomic E-state index is 7.85. The van der Waals surface area contributed by atoms with Crippen LogP contribution in [0.15, 0.2) is 0 Å². The summed E-state index contributed by atoms with van der Waals surface area (Å²) in [4.78, 5) is 0. The summed E-state index contributed by atoms with van der Waals surface area (Å²) in [7, 11) is 1.86. The Bertz CT molecular complexity index is 317. The van der Waals surface area contributed by atoms with Crippen molar-refractivity contribution in [3.63, 3.8) is 0 Å². The zero-order valence-electron chi connectivity index (χ0n) is 21.5. The van der Waals surface area contributed by atoms with Crippen LogP contribution in [0.4, 0.5) is 0 Å². The summed E-state index contributed by atoms with van der Waals surface area (Å²) in [5.41, 5.74) is 0. The summed E-state index contributed by atoms with van der Waals surface area (Å²) >= 11 is 7.85. The summed E-state index contributed by atoms with van der Waals surface area (Å²) in [5.74, 6) is -2.17. The molecule has 0 N–H and O–H groups in total. The van der Waals surface area contributed by atoms with E-state index in [0.29, 0.717) is 0 Å². The molecule has 3 heteroatoms. The third-order valence-electron chi connectivity index (χ3n) is 7.07. The zero-order chi connectivity index (χ0) is 22.4. The molecule has 0 fully saturated rings. The van der Waals surface area contributed by atoms with E-state index in [1.807, 2.05) is 7.11 Å². The number of ether oxygens (including phenoxy) is 1. The van der Waals surface area contributed by atoms with Crippen molar-refractivity contribution in [1.82, 2.24) is 0 Å². The van der Waals surface area contributed by atoms with Crippen LogP contribution < -0.4 is 0 Å². The Kier molecular flexibility index (Phi) is 20.8. The topological polar surface area (TPSA) is 9.23 Å². The molecule has 0 aliphatic carbocycles. The second kappa shape index (κ2) is 20.3. The molecule has 0 aliphatic heterocycles. The van der Waals surface area contributed by atoms with Crippen molar-refractivity contribution in [2.24, 2.45) is 0 Å². The maximum atomic E-state index is 7.85. The Labute approximate surface area is 196 Å². The number of hydrogen-bond donors (Lipinski definition) is 0. The third-order valence-corrected chi connectivity index (χ3v) is 14.7. The SMILES string of the molecule is CCCCCCCCP(Cl)(CCCCCCCC)(CCCCCCCC)CCOC. The van der Waals surface area contributed by atoms with Crippen LogP contribution >= 0.6 is 17.2 Å². The van der Waals surface area contributed by atoms with Gasteiger partial charge in [0.05, 0.1) is 0 Å². The van der Waals surface area contributed by atoms with E-state index in [-0.39, 0.29) is 0 Å². The van der Waals surface area contributed by atoms with Gasteiger partial charge in [0.1, 0.15) is 0 Å². The summed E-state index contributed by atoms with van der Waals surface area (Å²) in [5, 5.41) is 0. The molecule has 0 aromatic carbocycles. The Morgan fingerprint density at radius 1 is 0.467 bits per heavy atom. The molecule has 0 aromatic heterocycles. The second-order valence-electron chi connectivity index (χ2n) is 10.0. The monoisotopic (exact) mass is 464 g/mol. The molecule has 30 heavy (non-hydrogen) atoms. The van der Waals surface area contributed by atoms with Gasteiger partial charge in [-0.15, -0.1) is 0 Å². The van der Waals surface area contributed by atoms with E-state index in [1.54, 1.807) is 0 Å². The van der Waals surface area contributed by atoms with Crippen LogP contribution in [0, 0.1) is 0 Å². The first kappa shape index (κ1) is 30.7. The van der Waals surface area contributed by atoms with Gasteiger partial charge in [-0.05, 0) is 0 Å². The van der Waals surface area contributed by atoms with Gasteiger partial charge in [-0.1, -0.05) is 0 Å². The van der Waals surface area contributed by atoms with Gasteiger partial charge in [0.15, 0.2) is 0 Å². The number of hydrogen-bond acceptors (Lipinski definition) is 1. The molecule has 0 bridgehead atoms. The van der Waals surface area contributed by atoms with Crippen LogP contribution in [0.2, 0.25) is 0 Å². The first-order valence-corrected chi connectivity index (χ1v) is 17.6. The molecular weight excluding hydrogens is 407 g/mol. The van der Waals surface area contributed by atoms with Crippen LogP contribution in [-0.2, 0) is 4.74 Å². The zero-order valence-corrected chi connectivity index (χ0v) is 23.1. The summed E-state index contributed by atoms with van der Waals surface area (Å²) in [6.45, 7) is 7.77. The van der Waals surface area contributed by atoms with Crippen LogP contribution in [-0.4, -0.2) is 38.4 Å². The molecule has 0 heterocycles. The van der Waals surface area contributed by atoms with Gasteiger partial charge in [-0.3, -0.25) is 0 Å². The normalized spacial score (nSPS) is 13.4. The average molecular weight is 465 g/mol. The van der Waals surface area contributed by atoms with Crippen molar-refractivity contribution in [3.8, 4) is 0 Å². The number of unbranched alkanes of at least 4 members (excludes halogenated alkanes) is 15. The number of rotatable bonds is 24. The molecule has 0 unspecified atom stereocenters. The van der Waals surface area contributed by atoms with Crippen molar-refractivity contribution in [2.75, 3.05) is 38.4 Å². The predicted molar refractivity (Wildman–Crippen MR) is 144 cm³/mol. The predicted octanol–water partition coefficient (Wildman–Crippen LogP) is 10.4. The Balaban J connectivity index is 4.80. The molecule has 0 saturated heterocycles. The van der Waals surface area contributed by atoms with Gasteiger partial charge < -0.3 is 0 Å². The fourth-order valence-electron chi connectivity index (χ4n) is 4.85. The quantitative estimate of drug-likeness (QED) is 0.102. The minimum absolute atomic E-state index is 0.864. The van der Waals surface area contributed by atoms with Gasteiger partial charge >= 0.3 is 197 Å². The Morgan fingerprint density at radius 2 is 0.767 bits per heavy atom. The molecule has 0 amide bonds. The summed E-state index contributed by atoms with van der Waals surface area (Å²) < 4.78 is 5.59. The van der Waals surface area contributed by atoms with Crippen LogP contribution in [0.1, 0.15) is 136 Å². The van der Waals surface area contributed by atoms with E-state index in [1.165, 1.54) is 134 Å². The van der Waals surface area contributed by atoms with E-state index >= 15 is 0 Å². The Morgan fingerprint density at radius 3 is 1.07 bits per heavy atom. The molecule has 0 aliphatic rings. The molecule has 0 spiro atoms. The molecule has 1 nitrogen and oxygen atoms in total. The van der Waals surface area contributed by atoms with Gasteiger partial charge in [0, 0.05) is 0 Å². The van der Waals surface area contributed by atoms with Crippen molar-refractivity contribution < 1.29 is 4.74 Å². The molecule has 184 valence electrons.